The van der Waals surface area contributed by atoms with E-state index in [-0.39, 0.29) is 24.8 Å². The monoisotopic (exact) mass is 447 g/mol. The quantitative estimate of drug-likeness (QED) is 0.641. The first kappa shape index (κ1) is 20.7. The molecule has 0 fully saturated rings. The molecular formula is C22H23Cl2Zr. The number of hydrogen-bond donors (Lipinski definition) is 0. The zero-order valence-corrected chi connectivity index (χ0v) is 18.8. The second-order valence-electron chi connectivity index (χ2n) is 7.06. The van der Waals surface area contributed by atoms with Crippen LogP contribution in [0, 0.1) is 0 Å². The van der Waals surface area contributed by atoms with Crippen LogP contribution in [-0.4, -0.2) is 0 Å². The molecule has 129 valence electrons. The van der Waals surface area contributed by atoms with Crippen LogP contribution >= 0.6 is 0 Å². The molecule has 0 saturated carbocycles. The van der Waals surface area contributed by atoms with Gasteiger partial charge in [-0.25, -0.2) is 0 Å². The van der Waals surface area contributed by atoms with Crippen molar-refractivity contribution in [3.05, 3.63) is 83.5 Å². The van der Waals surface area contributed by atoms with Gasteiger partial charge in [-0.2, -0.15) is 0 Å². The van der Waals surface area contributed by atoms with Crippen LogP contribution in [-0.2, 0) is 21.8 Å². The van der Waals surface area contributed by atoms with E-state index >= 15 is 0 Å². The van der Waals surface area contributed by atoms with Crippen molar-refractivity contribution in [3.63, 3.8) is 0 Å². The number of benzene rings is 2. The molecule has 0 radical (unpaired) electrons. The molecule has 0 N–H and O–H groups in total. The molecule has 0 bridgehead atoms. The van der Waals surface area contributed by atoms with E-state index in [9.17, 15) is 0 Å². The summed E-state index contributed by atoms with van der Waals surface area (Å²) in [5.74, 6) is 0. The summed E-state index contributed by atoms with van der Waals surface area (Å²) in [4.78, 5) is 0. The van der Waals surface area contributed by atoms with Gasteiger partial charge in [0.25, 0.3) is 0 Å². The zero-order chi connectivity index (χ0) is 16.0. The van der Waals surface area contributed by atoms with E-state index in [1.807, 2.05) is 0 Å². The molecule has 0 heterocycles. The van der Waals surface area contributed by atoms with Crippen molar-refractivity contribution >= 4 is 0 Å². The Morgan fingerprint density at radius 2 is 1.36 bits per heavy atom. The number of allylic oxidation sites excluding steroid dienone is 4. The van der Waals surface area contributed by atoms with Gasteiger partial charge in [-0.05, 0) is 0 Å². The Morgan fingerprint density at radius 3 is 1.80 bits per heavy atom. The Balaban J connectivity index is 0.00000113. The molecule has 0 spiro atoms. The van der Waals surface area contributed by atoms with E-state index in [4.69, 9.17) is 0 Å². The fourth-order valence-electron chi connectivity index (χ4n) is 4.28. The summed E-state index contributed by atoms with van der Waals surface area (Å²) in [5.41, 5.74) is 7.61. The maximum Gasteiger partial charge on any atom is -1.00 e. The van der Waals surface area contributed by atoms with E-state index < -0.39 is 21.8 Å². The summed E-state index contributed by atoms with van der Waals surface area (Å²) in [6.45, 7) is 7.18. The molecule has 2 aliphatic carbocycles. The van der Waals surface area contributed by atoms with Crippen molar-refractivity contribution in [2.24, 2.45) is 0 Å². The van der Waals surface area contributed by atoms with Crippen LogP contribution in [0.4, 0.5) is 0 Å². The van der Waals surface area contributed by atoms with Gasteiger partial charge in [0.05, 0.1) is 0 Å². The zero-order valence-electron chi connectivity index (χ0n) is 14.8. The summed E-state index contributed by atoms with van der Waals surface area (Å²) in [6, 6.07) is 18.2. The van der Waals surface area contributed by atoms with E-state index in [0.29, 0.717) is 3.63 Å². The van der Waals surface area contributed by atoms with Gasteiger partial charge in [0.2, 0.25) is 0 Å². The van der Waals surface area contributed by atoms with Crippen molar-refractivity contribution < 1.29 is 46.6 Å². The molecule has 2 aromatic rings. The van der Waals surface area contributed by atoms with Crippen LogP contribution in [0.2, 0.25) is 7.25 Å². The minimum absolute atomic E-state index is 0. The van der Waals surface area contributed by atoms with Gasteiger partial charge in [0.15, 0.2) is 0 Å². The Bertz CT molecular complexity index is 762. The molecule has 0 amide bonds. The topological polar surface area (TPSA) is 0 Å². The van der Waals surface area contributed by atoms with Crippen LogP contribution in [0.25, 0.3) is 11.1 Å². The van der Waals surface area contributed by atoms with Crippen LogP contribution in [0.15, 0.2) is 72.3 Å². The molecule has 2 aliphatic rings. The molecule has 1 atom stereocenters. The fraction of sp³-hybridized carbons (Fsp3) is 0.273. The van der Waals surface area contributed by atoms with E-state index in [0.717, 1.165) is 7.25 Å². The molecule has 0 nitrogen and oxygen atoms in total. The summed E-state index contributed by atoms with van der Waals surface area (Å²) in [7, 11) is 0. The standard InChI is InChI=1S/C13H9.C6H7.C3H7.2ClH.Zr/c1-3-7-12-10(5-1)9-11-6-2-4-8-13(11)12;1-6-4-2-3-5-6;1-3-2;;;/h1-9H;2-5H,1H3;3H,1-2H3;2*1H;/q;;;;;+2/p-2. The summed E-state index contributed by atoms with van der Waals surface area (Å²) in [5, 5.41) is 0. The summed E-state index contributed by atoms with van der Waals surface area (Å²) < 4.78 is 2.27. The second-order valence-corrected chi connectivity index (χ2v) is 15.4. The van der Waals surface area contributed by atoms with Crippen LogP contribution in [0.3, 0.4) is 0 Å². The van der Waals surface area contributed by atoms with Gasteiger partial charge in [0.1, 0.15) is 0 Å². The molecule has 1 unspecified atom stereocenters. The summed E-state index contributed by atoms with van der Waals surface area (Å²) in [6.07, 6.45) is 7.37. The van der Waals surface area contributed by atoms with Gasteiger partial charge >= 0.3 is 148 Å². The third-order valence-corrected chi connectivity index (χ3v) is 14.4. The Hall–Kier alpha value is -0.617. The molecule has 0 aliphatic heterocycles. The SMILES string of the molecule is CC1=C[CH]([Zr+2]([CH](C)C)[CH]2c3ccccc3-c3ccccc32)C=C1.[Cl-].[Cl-]. The van der Waals surface area contributed by atoms with Gasteiger partial charge in [0, 0.05) is 0 Å². The Kier molecular flexibility index (Phi) is 6.94. The number of hydrogen-bond acceptors (Lipinski definition) is 0. The minimum Gasteiger partial charge on any atom is -1.00 e. The normalized spacial score (nSPS) is 17.4. The van der Waals surface area contributed by atoms with Gasteiger partial charge in [-0.15, -0.1) is 0 Å². The molecule has 3 heteroatoms. The first-order valence-corrected chi connectivity index (χ1v) is 12.8. The van der Waals surface area contributed by atoms with Gasteiger partial charge < -0.3 is 24.8 Å². The predicted molar refractivity (Wildman–Crippen MR) is 95.5 cm³/mol. The van der Waals surface area contributed by atoms with Crippen molar-refractivity contribution in [2.75, 3.05) is 0 Å². The fourth-order valence-corrected chi connectivity index (χ4v) is 13.7. The number of rotatable bonds is 3. The molecular weight excluding hydrogens is 426 g/mol. The third-order valence-electron chi connectivity index (χ3n) is 5.23. The largest absolute Gasteiger partial charge is 1.00 e. The maximum absolute atomic E-state index is 2.54. The average Bonchev–Trinajstić information content (AvgIpc) is 3.11. The maximum atomic E-state index is 2.54. The Labute approximate surface area is 171 Å². The Morgan fingerprint density at radius 1 is 0.840 bits per heavy atom. The first-order valence-electron chi connectivity index (χ1n) is 8.58. The average molecular weight is 450 g/mol. The van der Waals surface area contributed by atoms with E-state index in [1.165, 1.54) is 16.7 Å². The van der Waals surface area contributed by atoms with Crippen molar-refractivity contribution in [2.45, 2.75) is 31.6 Å². The molecule has 0 aromatic heterocycles. The number of halogens is 2. The van der Waals surface area contributed by atoms with Crippen molar-refractivity contribution in [1.29, 1.82) is 0 Å². The van der Waals surface area contributed by atoms with Gasteiger partial charge in [-0.1, -0.05) is 0 Å². The molecule has 2 aromatic carbocycles. The predicted octanol–water partition coefficient (Wildman–Crippen LogP) is 0.516. The minimum atomic E-state index is -1.79. The molecule has 25 heavy (non-hydrogen) atoms. The summed E-state index contributed by atoms with van der Waals surface area (Å²) >= 11 is -1.79. The van der Waals surface area contributed by atoms with E-state index in [1.54, 1.807) is 11.1 Å². The van der Waals surface area contributed by atoms with Gasteiger partial charge in [-0.3, -0.25) is 0 Å². The molecule has 4 rings (SSSR count). The number of fused-ring (bicyclic) bond motifs is 3. The second kappa shape index (κ2) is 8.38. The molecule has 0 saturated heterocycles. The third kappa shape index (κ3) is 3.62. The van der Waals surface area contributed by atoms with E-state index in [2.05, 4.69) is 87.5 Å². The first-order chi connectivity index (χ1) is 11.2. The van der Waals surface area contributed by atoms with Crippen LogP contribution < -0.4 is 24.8 Å². The van der Waals surface area contributed by atoms with Crippen LogP contribution in [0.1, 0.15) is 35.5 Å². The van der Waals surface area contributed by atoms with Crippen molar-refractivity contribution in [1.82, 2.24) is 0 Å². The van der Waals surface area contributed by atoms with Crippen molar-refractivity contribution in [3.8, 4) is 11.1 Å². The van der Waals surface area contributed by atoms with Crippen LogP contribution in [0.5, 0.6) is 0 Å². The smallest absolute Gasteiger partial charge is 1.00 e.